The van der Waals surface area contributed by atoms with Gasteiger partial charge in [0.15, 0.2) is 0 Å². The van der Waals surface area contributed by atoms with E-state index in [2.05, 4.69) is 4.98 Å². The van der Waals surface area contributed by atoms with Crippen molar-refractivity contribution in [2.75, 3.05) is 13.6 Å². The Morgan fingerprint density at radius 3 is 2.69 bits per heavy atom. The first-order valence-corrected chi connectivity index (χ1v) is 5.74. The lowest BCUT2D eigenvalue weighted by Gasteiger charge is -2.19. The Kier molecular flexibility index (Phi) is 4.56. The van der Waals surface area contributed by atoms with Gasteiger partial charge in [-0.1, -0.05) is 37.0 Å². The van der Waals surface area contributed by atoms with Crippen molar-refractivity contribution in [3.05, 3.63) is 28.0 Å². The lowest BCUT2D eigenvalue weighted by Crippen LogP contribution is -2.30. The molecule has 5 heteroatoms. The highest BCUT2D eigenvalue weighted by molar-refractivity contribution is 6.35. The first-order valence-electron chi connectivity index (χ1n) is 4.98. The van der Waals surface area contributed by atoms with Gasteiger partial charge in [0.25, 0.3) is 5.91 Å². The van der Waals surface area contributed by atoms with E-state index in [9.17, 15) is 4.79 Å². The molecular weight excluding hydrogens is 247 g/mol. The summed E-state index contributed by atoms with van der Waals surface area (Å²) in [5.74, 6) is 0.271. The Hall–Kier alpha value is -0.800. The maximum atomic E-state index is 12.0. The van der Waals surface area contributed by atoms with Crippen LogP contribution in [0.25, 0.3) is 0 Å². The smallest absolute Gasteiger partial charge is 0.255 e. The van der Waals surface area contributed by atoms with Gasteiger partial charge in [-0.05, 0) is 12.0 Å². The van der Waals surface area contributed by atoms with Gasteiger partial charge < -0.3 is 4.90 Å². The van der Waals surface area contributed by atoms with Crippen molar-refractivity contribution in [1.29, 1.82) is 0 Å². The minimum atomic E-state index is -0.136. The summed E-state index contributed by atoms with van der Waals surface area (Å²) in [5.41, 5.74) is 0.393. The van der Waals surface area contributed by atoms with E-state index in [1.807, 2.05) is 13.8 Å². The average molecular weight is 261 g/mol. The number of carbonyl (C=O) groups is 1. The third-order valence-electron chi connectivity index (χ3n) is 2.04. The number of rotatable bonds is 3. The molecule has 0 bridgehead atoms. The van der Waals surface area contributed by atoms with E-state index < -0.39 is 0 Å². The van der Waals surface area contributed by atoms with Crippen LogP contribution in [0.1, 0.15) is 24.2 Å². The predicted octanol–water partition coefficient (Wildman–Crippen LogP) is 3.12. The lowest BCUT2D eigenvalue weighted by molar-refractivity contribution is 0.0779. The highest BCUT2D eigenvalue weighted by Crippen LogP contribution is 2.19. The van der Waals surface area contributed by atoms with Gasteiger partial charge in [-0.15, -0.1) is 0 Å². The largest absolute Gasteiger partial charge is 0.341 e. The number of carbonyl (C=O) groups excluding carboxylic acids is 1. The quantitative estimate of drug-likeness (QED) is 0.783. The summed E-state index contributed by atoms with van der Waals surface area (Å²) in [7, 11) is 1.74. The van der Waals surface area contributed by atoms with E-state index in [0.29, 0.717) is 23.0 Å². The van der Waals surface area contributed by atoms with Crippen LogP contribution < -0.4 is 0 Å². The molecule has 0 aromatic carbocycles. The van der Waals surface area contributed by atoms with Crippen LogP contribution in [0.2, 0.25) is 10.2 Å². The van der Waals surface area contributed by atoms with Gasteiger partial charge in [0.2, 0.25) is 0 Å². The molecule has 0 unspecified atom stereocenters. The summed E-state index contributed by atoms with van der Waals surface area (Å²) in [6, 6.07) is 1.49. The van der Waals surface area contributed by atoms with Crippen LogP contribution in [0.4, 0.5) is 0 Å². The number of amides is 1. The van der Waals surface area contributed by atoms with Gasteiger partial charge in [-0.25, -0.2) is 4.98 Å². The van der Waals surface area contributed by atoms with Gasteiger partial charge in [0, 0.05) is 19.8 Å². The van der Waals surface area contributed by atoms with Crippen LogP contribution in [0.3, 0.4) is 0 Å². The van der Waals surface area contributed by atoms with Gasteiger partial charge in [-0.2, -0.15) is 0 Å². The molecule has 0 aliphatic rings. The van der Waals surface area contributed by atoms with Gasteiger partial charge in [-0.3, -0.25) is 4.79 Å². The first-order chi connectivity index (χ1) is 7.41. The van der Waals surface area contributed by atoms with E-state index in [1.54, 1.807) is 11.9 Å². The highest BCUT2D eigenvalue weighted by Gasteiger charge is 2.16. The van der Waals surface area contributed by atoms with E-state index in [-0.39, 0.29) is 11.1 Å². The molecule has 0 radical (unpaired) electrons. The zero-order valence-electron chi connectivity index (χ0n) is 9.50. The Bertz CT molecular complexity index is 394. The van der Waals surface area contributed by atoms with Crippen LogP contribution >= 0.6 is 23.2 Å². The zero-order valence-corrected chi connectivity index (χ0v) is 11.0. The molecule has 1 aromatic heterocycles. The molecule has 1 heterocycles. The summed E-state index contributed by atoms with van der Waals surface area (Å²) >= 11 is 11.6. The Morgan fingerprint density at radius 2 is 2.12 bits per heavy atom. The summed E-state index contributed by atoms with van der Waals surface area (Å²) < 4.78 is 0. The van der Waals surface area contributed by atoms with Crippen molar-refractivity contribution in [2.45, 2.75) is 13.8 Å². The fourth-order valence-electron chi connectivity index (χ4n) is 1.41. The minimum Gasteiger partial charge on any atom is -0.341 e. The number of pyridine rings is 1. The number of hydrogen-bond donors (Lipinski definition) is 0. The van der Waals surface area contributed by atoms with Gasteiger partial charge >= 0.3 is 0 Å². The van der Waals surface area contributed by atoms with Gasteiger partial charge in [0.1, 0.15) is 5.15 Å². The minimum absolute atomic E-state index is 0.136. The predicted molar refractivity (Wildman–Crippen MR) is 66.1 cm³/mol. The number of aromatic nitrogens is 1. The van der Waals surface area contributed by atoms with Crippen molar-refractivity contribution in [3.8, 4) is 0 Å². The van der Waals surface area contributed by atoms with Crippen molar-refractivity contribution in [2.24, 2.45) is 5.92 Å². The summed E-state index contributed by atoms with van der Waals surface area (Å²) in [6.45, 7) is 4.77. The van der Waals surface area contributed by atoms with Crippen LogP contribution in [-0.4, -0.2) is 29.4 Å². The summed E-state index contributed by atoms with van der Waals surface area (Å²) in [5, 5.41) is 0.593. The van der Waals surface area contributed by atoms with Crippen LogP contribution in [0.15, 0.2) is 12.3 Å². The molecular formula is C11H14Cl2N2O. The maximum Gasteiger partial charge on any atom is 0.255 e. The fourth-order valence-corrected chi connectivity index (χ4v) is 1.76. The second-order valence-electron chi connectivity index (χ2n) is 4.07. The van der Waals surface area contributed by atoms with E-state index in [0.717, 1.165) is 0 Å². The molecule has 16 heavy (non-hydrogen) atoms. The third kappa shape index (κ3) is 3.35. The standard InChI is InChI=1S/C11H14Cl2N2O/c1-7(2)6-15(3)11(16)8-4-10(13)14-5-9(8)12/h4-5,7H,6H2,1-3H3. The second-order valence-corrected chi connectivity index (χ2v) is 4.86. The molecule has 1 aromatic rings. The third-order valence-corrected chi connectivity index (χ3v) is 2.55. The van der Waals surface area contributed by atoms with E-state index in [1.165, 1.54) is 12.3 Å². The second kappa shape index (κ2) is 5.51. The van der Waals surface area contributed by atoms with Crippen LogP contribution in [0.5, 0.6) is 0 Å². The van der Waals surface area contributed by atoms with Gasteiger partial charge in [0.05, 0.1) is 10.6 Å². The monoisotopic (exact) mass is 260 g/mol. The molecule has 0 atom stereocenters. The van der Waals surface area contributed by atoms with E-state index >= 15 is 0 Å². The molecule has 0 N–H and O–H groups in total. The summed E-state index contributed by atoms with van der Waals surface area (Å²) in [6.07, 6.45) is 1.39. The van der Waals surface area contributed by atoms with Crippen LogP contribution in [-0.2, 0) is 0 Å². The highest BCUT2D eigenvalue weighted by atomic mass is 35.5. The molecule has 1 rings (SSSR count). The SMILES string of the molecule is CC(C)CN(C)C(=O)c1cc(Cl)ncc1Cl. The molecule has 0 aliphatic carbocycles. The molecule has 0 spiro atoms. The zero-order chi connectivity index (χ0) is 12.3. The van der Waals surface area contributed by atoms with Crippen LogP contribution in [0, 0.1) is 5.92 Å². The van der Waals surface area contributed by atoms with E-state index in [4.69, 9.17) is 23.2 Å². The maximum absolute atomic E-state index is 12.0. The lowest BCUT2D eigenvalue weighted by atomic mass is 10.2. The first kappa shape index (κ1) is 13.3. The number of halogens is 2. The summed E-state index contributed by atoms with van der Waals surface area (Å²) in [4.78, 5) is 17.4. The fraction of sp³-hybridized carbons (Fsp3) is 0.455. The topological polar surface area (TPSA) is 33.2 Å². The normalized spacial score (nSPS) is 10.6. The molecule has 88 valence electrons. The van der Waals surface area contributed by atoms with Crippen molar-refractivity contribution < 1.29 is 4.79 Å². The molecule has 0 aliphatic heterocycles. The Morgan fingerprint density at radius 1 is 1.50 bits per heavy atom. The Labute approximate surface area is 105 Å². The molecule has 0 fully saturated rings. The molecule has 0 saturated heterocycles. The number of hydrogen-bond acceptors (Lipinski definition) is 2. The molecule has 0 saturated carbocycles. The number of nitrogens with zero attached hydrogens (tertiary/aromatic N) is 2. The molecule has 3 nitrogen and oxygen atoms in total. The van der Waals surface area contributed by atoms with Crippen molar-refractivity contribution in [3.63, 3.8) is 0 Å². The molecule has 1 amide bonds. The van der Waals surface area contributed by atoms with Crippen molar-refractivity contribution >= 4 is 29.1 Å². The van der Waals surface area contributed by atoms with Crippen molar-refractivity contribution in [1.82, 2.24) is 9.88 Å². The Balaban J connectivity index is 2.91. The average Bonchev–Trinajstić information content (AvgIpc) is 2.19.